The third kappa shape index (κ3) is 11.0. The second-order valence-electron chi connectivity index (χ2n) is 16.6. The van der Waals surface area contributed by atoms with Gasteiger partial charge in [-0.25, -0.2) is 0 Å². The molecule has 0 amide bonds. The predicted octanol–water partition coefficient (Wildman–Crippen LogP) is 11.3. The second-order valence-corrected chi connectivity index (χ2v) is 19.0. The van der Waals surface area contributed by atoms with E-state index in [4.69, 9.17) is 9.47 Å². The summed E-state index contributed by atoms with van der Waals surface area (Å²) in [6, 6.07) is 8.38. The first kappa shape index (κ1) is 36.8. The van der Waals surface area contributed by atoms with Crippen LogP contribution in [0.5, 0.6) is 23.0 Å². The molecule has 4 nitrogen and oxygen atoms in total. The fourth-order valence-corrected chi connectivity index (χ4v) is 8.49. The van der Waals surface area contributed by atoms with E-state index in [1.54, 1.807) is 0 Å². The first-order chi connectivity index (χ1) is 20.1. The standard InChI is InChI=1S/C38H60O4S2/c1-35(2,3)27-19-25(33(39)29(21-27)41-37(7,8)9)23-43-31-17-15-13-14-16-18-32(31)44-24-26-20-28(36(4,5)6)22-30(34(26)40)42-38(10,11)12/h19-22,31-32,39-40H,13-18,23-24H2,1-12H3/t31-,32?/m0/s1. The quantitative estimate of drug-likeness (QED) is 0.298. The lowest BCUT2D eigenvalue weighted by atomic mass is 9.86. The second kappa shape index (κ2) is 14.4. The maximum absolute atomic E-state index is 11.3. The molecule has 6 heteroatoms. The largest absolute Gasteiger partial charge is 0.504 e. The van der Waals surface area contributed by atoms with Crippen LogP contribution < -0.4 is 9.47 Å². The summed E-state index contributed by atoms with van der Waals surface area (Å²) in [5, 5.41) is 23.6. The molecule has 44 heavy (non-hydrogen) atoms. The minimum Gasteiger partial charge on any atom is -0.504 e. The number of phenolic OH excluding ortho intramolecular Hbond substituents is 2. The Balaban J connectivity index is 1.88. The molecule has 3 rings (SSSR count). The van der Waals surface area contributed by atoms with Gasteiger partial charge in [-0.15, -0.1) is 0 Å². The highest BCUT2D eigenvalue weighted by Gasteiger charge is 2.28. The van der Waals surface area contributed by atoms with E-state index in [0.717, 1.165) is 22.6 Å². The summed E-state index contributed by atoms with van der Waals surface area (Å²) < 4.78 is 12.5. The molecule has 1 aliphatic carbocycles. The molecule has 1 saturated carbocycles. The van der Waals surface area contributed by atoms with Gasteiger partial charge in [-0.05, 0) is 88.5 Å². The van der Waals surface area contributed by atoms with Crippen molar-refractivity contribution in [3.05, 3.63) is 46.5 Å². The highest BCUT2D eigenvalue weighted by atomic mass is 32.2. The molecule has 1 aliphatic rings. The molecule has 2 aromatic carbocycles. The Morgan fingerprint density at radius 1 is 0.568 bits per heavy atom. The highest BCUT2D eigenvalue weighted by molar-refractivity contribution is 8.03. The van der Waals surface area contributed by atoms with Gasteiger partial charge in [0, 0.05) is 33.1 Å². The first-order valence-corrected chi connectivity index (χ1v) is 18.6. The van der Waals surface area contributed by atoms with Crippen LogP contribution in [0.4, 0.5) is 0 Å². The minimum atomic E-state index is -0.396. The third-order valence-electron chi connectivity index (χ3n) is 7.92. The summed E-state index contributed by atoms with van der Waals surface area (Å²) in [5.74, 6) is 3.17. The summed E-state index contributed by atoms with van der Waals surface area (Å²) in [6.45, 7) is 25.4. The molecule has 2 aromatic rings. The fraction of sp³-hybridized carbons (Fsp3) is 0.684. The Morgan fingerprint density at radius 2 is 0.909 bits per heavy atom. The van der Waals surface area contributed by atoms with E-state index >= 15 is 0 Å². The van der Waals surface area contributed by atoms with Gasteiger partial charge in [-0.3, -0.25) is 0 Å². The van der Waals surface area contributed by atoms with Crippen LogP contribution >= 0.6 is 23.5 Å². The molecule has 0 bridgehead atoms. The molecule has 0 saturated heterocycles. The van der Waals surface area contributed by atoms with Crippen LogP contribution in [0.15, 0.2) is 24.3 Å². The van der Waals surface area contributed by atoms with E-state index < -0.39 is 11.2 Å². The van der Waals surface area contributed by atoms with Gasteiger partial charge >= 0.3 is 0 Å². The van der Waals surface area contributed by atoms with Crippen molar-refractivity contribution in [1.29, 1.82) is 0 Å². The lowest BCUT2D eigenvalue weighted by Gasteiger charge is -2.30. The maximum atomic E-state index is 11.3. The number of phenols is 2. The molecule has 0 spiro atoms. The first-order valence-electron chi connectivity index (χ1n) is 16.5. The van der Waals surface area contributed by atoms with Crippen LogP contribution in [-0.2, 0) is 22.3 Å². The van der Waals surface area contributed by atoms with Crippen molar-refractivity contribution in [1.82, 2.24) is 0 Å². The average Bonchev–Trinajstić information content (AvgIpc) is 2.84. The van der Waals surface area contributed by atoms with Gasteiger partial charge in [0.15, 0.2) is 23.0 Å². The van der Waals surface area contributed by atoms with E-state index in [9.17, 15) is 10.2 Å². The normalized spacial score (nSPS) is 18.9. The van der Waals surface area contributed by atoms with E-state index in [1.165, 1.54) is 49.7 Å². The molecule has 1 unspecified atom stereocenters. The molecule has 0 heterocycles. The molecule has 0 radical (unpaired) electrons. The van der Waals surface area contributed by atoms with Gasteiger partial charge in [0.2, 0.25) is 0 Å². The van der Waals surface area contributed by atoms with Crippen LogP contribution in [0.3, 0.4) is 0 Å². The van der Waals surface area contributed by atoms with Gasteiger partial charge in [0.05, 0.1) is 0 Å². The van der Waals surface area contributed by atoms with Crippen LogP contribution in [0.2, 0.25) is 0 Å². The van der Waals surface area contributed by atoms with E-state index in [-0.39, 0.29) is 22.3 Å². The summed E-state index contributed by atoms with van der Waals surface area (Å²) >= 11 is 3.95. The van der Waals surface area contributed by atoms with Crippen LogP contribution in [0.1, 0.15) is 144 Å². The van der Waals surface area contributed by atoms with Gasteiger partial charge in [0.25, 0.3) is 0 Å². The Bertz CT molecular complexity index is 1140. The van der Waals surface area contributed by atoms with Crippen molar-refractivity contribution in [2.75, 3.05) is 0 Å². The lowest BCUT2D eigenvalue weighted by Crippen LogP contribution is -2.24. The Hall–Kier alpha value is -1.66. The number of hydrogen-bond acceptors (Lipinski definition) is 6. The molecule has 2 atom stereocenters. The fourth-order valence-electron chi connectivity index (χ4n) is 5.42. The third-order valence-corrected chi connectivity index (χ3v) is 11.0. The van der Waals surface area contributed by atoms with Crippen LogP contribution in [0.25, 0.3) is 0 Å². The summed E-state index contributed by atoms with van der Waals surface area (Å²) in [4.78, 5) is 0. The SMILES string of the molecule is CC(C)(C)Oc1cc(C(C)(C)C)cc(CSC2CCCCCC[C@@H]2SCc2cc(C(C)(C)C)cc(OC(C)(C)C)c2O)c1O. The molecule has 1 fully saturated rings. The van der Waals surface area contributed by atoms with Gasteiger partial charge in [0.1, 0.15) is 11.2 Å². The molecular formula is C38H60O4S2. The van der Waals surface area contributed by atoms with Crippen LogP contribution in [-0.4, -0.2) is 31.9 Å². The smallest absolute Gasteiger partial charge is 0.162 e. The number of ether oxygens (including phenoxy) is 2. The van der Waals surface area contributed by atoms with Gasteiger partial charge < -0.3 is 19.7 Å². The predicted molar refractivity (Wildman–Crippen MR) is 192 cm³/mol. The summed E-state index contributed by atoms with van der Waals surface area (Å²) in [6.07, 6.45) is 7.36. The number of rotatable bonds is 8. The maximum Gasteiger partial charge on any atom is 0.162 e. The minimum absolute atomic E-state index is 0.0547. The summed E-state index contributed by atoms with van der Waals surface area (Å²) in [5.41, 5.74) is 3.36. The zero-order chi connectivity index (χ0) is 33.1. The highest BCUT2D eigenvalue weighted by Crippen LogP contribution is 2.44. The topological polar surface area (TPSA) is 58.9 Å². The van der Waals surface area contributed by atoms with E-state index in [1.807, 2.05) is 77.2 Å². The summed E-state index contributed by atoms with van der Waals surface area (Å²) in [7, 11) is 0. The molecule has 0 aliphatic heterocycles. The van der Waals surface area contributed by atoms with Crippen molar-refractivity contribution in [3.63, 3.8) is 0 Å². The van der Waals surface area contributed by atoms with Crippen molar-refractivity contribution in [3.8, 4) is 23.0 Å². The van der Waals surface area contributed by atoms with Crippen molar-refractivity contribution in [2.24, 2.45) is 0 Å². The number of hydrogen-bond donors (Lipinski definition) is 2. The van der Waals surface area contributed by atoms with E-state index in [0.29, 0.717) is 22.0 Å². The zero-order valence-corrected chi connectivity index (χ0v) is 31.3. The van der Waals surface area contributed by atoms with Gasteiger partial charge in [-0.2, -0.15) is 23.5 Å². The van der Waals surface area contributed by atoms with E-state index in [2.05, 4.69) is 53.7 Å². The van der Waals surface area contributed by atoms with Crippen molar-refractivity contribution < 1.29 is 19.7 Å². The molecule has 248 valence electrons. The number of thioether (sulfide) groups is 2. The Labute approximate surface area is 277 Å². The monoisotopic (exact) mass is 644 g/mol. The van der Waals surface area contributed by atoms with Crippen molar-refractivity contribution >= 4 is 23.5 Å². The molecular weight excluding hydrogens is 585 g/mol. The average molecular weight is 645 g/mol. The van der Waals surface area contributed by atoms with Crippen LogP contribution in [0, 0.1) is 0 Å². The Morgan fingerprint density at radius 3 is 1.20 bits per heavy atom. The zero-order valence-electron chi connectivity index (χ0n) is 29.6. The van der Waals surface area contributed by atoms with Crippen molar-refractivity contribution in [2.45, 2.75) is 166 Å². The lowest BCUT2D eigenvalue weighted by molar-refractivity contribution is 0.125. The Kier molecular flexibility index (Phi) is 12.0. The molecule has 0 aromatic heterocycles. The number of aromatic hydroxyl groups is 2. The van der Waals surface area contributed by atoms with Gasteiger partial charge in [-0.1, -0.05) is 79.4 Å². The molecule has 2 N–H and O–H groups in total. The number of benzene rings is 2.